The van der Waals surface area contributed by atoms with Crippen molar-refractivity contribution in [1.82, 2.24) is 4.98 Å². The minimum Gasteiger partial charge on any atom is -0.504 e. The van der Waals surface area contributed by atoms with Crippen LogP contribution in [-0.4, -0.2) is 16.7 Å². The molecular formula is C15H10ClF3N2O2S. The van der Waals surface area contributed by atoms with E-state index >= 15 is 0 Å². The lowest BCUT2D eigenvalue weighted by Gasteiger charge is -2.08. The van der Waals surface area contributed by atoms with Crippen molar-refractivity contribution in [2.24, 2.45) is 0 Å². The van der Waals surface area contributed by atoms with E-state index in [0.717, 1.165) is 6.07 Å². The Labute approximate surface area is 144 Å². The van der Waals surface area contributed by atoms with Gasteiger partial charge in [-0.2, -0.15) is 18.4 Å². The standard InChI is InChI=1S/C15H10ClF3N2O2S/c1-8(16)4-5-23-12-6-9(7-20)14(22)13(21-12)10-2-3-11(24-10)15(17,18)19/h2-4,6,22H,5H2,1H3. The van der Waals surface area contributed by atoms with Gasteiger partial charge in [0.15, 0.2) is 5.75 Å². The maximum atomic E-state index is 12.7. The zero-order chi connectivity index (χ0) is 17.9. The lowest BCUT2D eigenvalue weighted by Crippen LogP contribution is -2.00. The first kappa shape index (κ1) is 18.1. The highest BCUT2D eigenvalue weighted by atomic mass is 35.5. The summed E-state index contributed by atoms with van der Waals surface area (Å²) >= 11 is 6.08. The number of aromatic hydroxyl groups is 1. The third-order valence-electron chi connectivity index (χ3n) is 2.80. The van der Waals surface area contributed by atoms with Gasteiger partial charge in [0.2, 0.25) is 5.88 Å². The summed E-state index contributed by atoms with van der Waals surface area (Å²) in [5, 5.41) is 19.6. The lowest BCUT2D eigenvalue weighted by molar-refractivity contribution is -0.134. The van der Waals surface area contributed by atoms with Crippen molar-refractivity contribution in [2.75, 3.05) is 6.61 Å². The predicted octanol–water partition coefficient (Wildman–Crippen LogP) is 4.93. The number of pyridine rings is 1. The van der Waals surface area contributed by atoms with Gasteiger partial charge in [0.25, 0.3) is 0 Å². The molecule has 24 heavy (non-hydrogen) atoms. The second-order valence-electron chi connectivity index (χ2n) is 4.58. The molecular weight excluding hydrogens is 365 g/mol. The largest absolute Gasteiger partial charge is 0.504 e. The number of alkyl halides is 3. The number of halogens is 4. The first-order valence-corrected chi connectivity index (χ1v) is 7.68. The number of hydrogen-bond donors (Lipinski definition) is 1. The Morgan fingerprint density at radius 3 is 2.75 bits per heavy atom. The molecule has 0 atom stereocenters. The molecule has 4 nitrogen and oxygen atoms in total. The van der Waals surface area contributed by atoms with Crippen LogP contribution in [0.5, 0.6) is 11.6 Å². The Kier molecular flexibility index (Phi) is 5.36. The van der Waals surface area contributed by atoms with Crippen molar-refractivity contribution in [3.8, 4) is 28.3 Å². The number of allylic oxidation sites excluding steroid dienone is 1. The monoisotopic (exact) mass is 374 g/mol. The van der Waals surface area contributed by atoms with Gasteiger partial charge in [-0.15, -0.1) is 11.3 Å². The lowest BCUT2D eigenvalue weighted by atomic mass is 10.2. The highest BCUT2D eigenvalue weighted by Crippen LogP contribution is 2.41. The topological polar surface area (TPSA) is 66.1 Å². The van der Waals surface area contributed by atoms with Crippen molar-refractivity contribution in [3.63, 3.8) is 0 Å². The molecule has 126 valence electrons. The van der Waals surface area contributed by atoms with Gasteiger partial charge in [-0.1, -0.05) is 11.6 Å². The number of thiophene rings is 1. The van der Waals surface area contributed by atoms with Crippen LogP contribution < -0.4 is 4.74 Å². The van der Waals surface area contributed by atoms with E-state index in [-0.39, 0.29) is 28.6 Å². The van der Waals surface area contributed by atoms with E-state index in [1.54, 1.807) is 19.1 Å². The molecule has 0 spiro atoms. The normalized spacial score (nSPS) is 12.1. The van der Waals surface area contributed by atoms with Crippen LogP contribution >= 0.6 is 22.9 Å². The van der Waals surface area contributed by atoms with E-state index in [0.29, 0.717) is 16.4 Å². The van der Waals surface area contributed by atoms with Gasteiger partial charge in [-0.05, 0) is 25.1 Å². The van der Waals surface area contributed by atoms with E-state index in [1.165, 1.54) is 12.1 Å². The van der Waals surface area contributed by atoms with Gasteiger partial charge in [-0.3, -0.25) is 0 Å². The summed E-state index contributed by atoms with van der Waals surface area (Å²) in [6.45, 7) is 1.71. The number of ether oxygens (including phenoxy) is 1. The Morgan fingerprint density at radius 1 is 1.50 bits per heavy atom. The van der Waals surface area contributed by atoms with Crippen molar-refractivity contribution < 1.29 is 23.0 Å². The van der Waals surface area contributed by atoms with Crippen molar-refractivity contribution in [3.05, 3.63) is 39.7 Å². The molecule has 0 bridgehead atoms. The summed E-state index contributed by atoms with van der Waals surface area (Å²) in [6, 6.07) is 5.03. The summed E-state index contributed by atoms with van der Waals surface area (Å²) in [5.41, 5.74) is -0.292. The second-order valence-corrected chi connectivity index (χ2v) is 6.26. The van der Waals surface area contributed by atoms with E-state index < -0.39 is 16.8 Å². The number of aromatic nitrogens is 1. The molecule has 0 unspecified atom stereocenters. The number of nitrogens with zero attached hydrogens (tertiary/aromatic N) is 2. The fourth-order valence-electron chi connectivity index (χ4n) is 1.71. The van der Waals surface area contributed by atoms with E-state index in [9.17, 15) is 18.3 Å². The van der Waals surface area contributed by atoms with Gasteiger partial charge in [0.1, 0.15) is 28.8 Å². The van der Waals surface area contributed by atoms with Crippen LogP contribution in [0.4, 0.5) is 13.2 Å². The van der Waals surface area contributed by atoms with Crippen molar-refractivity contribution >= 4 is 22.9 Å². The Bertz CT molecular complexity index is 821. The fraction of sp³-hybridized carbons (Fsp3) is 0.200. The average Bonchev–Trinajstić information content (AvgIpc) is 2.98. The molecule has 2 aromatic rings. The Morgan fingerprint density at radius 2 is 2.21 bits per heavy atom. The van der Waals surface area contributed by atoms with Crippen molar-refractivity contribution in [1.29, 1.82) is 5.26 Å². The maximum Gasteiger partial charge on any atom is 0.425 e. The van der Waals surface area contributed by atoms with Crippen LogP contribution in [0.15, 0.2) is 29.3 Å². The maximum absolute atomic E-state index is 12.7. The molecule has 0 aromatic carbocycles. The molecule has 1 N–H and O–H groups in total. The first-order valence-electron chi connectivity index (χ1n) is 6.49. The van der Waals surface area contributed by atoms with E-state index in [2.05, 4.69) is 4.98 Å². The molecule has 0 aliphatic carbocycles. The molecule has 2 heterocycles. The number of hydrogen-bond acceptors (Lipinski definition) is 5. The molecule has 0 aliphatic rings. The van der Waals surface area contributed by atoms with E-state index in [1.807, 2.05) is 0 Å². The molecule has 0 fully saturated rings. The molecule has 0 aliphatic heterocycles. The third kappa shape index (κ3) is 4.19. The van der Waals surface area contributed by atoms with Gasteiger partial charge < -0.3 is 9.84 Å². The first-order chi connectivity index (χ1) is 11.2. The smallest absolute Gasteiger partial charge is 0.425 e. The highest BCUT2D eigenvalue weighted by molar-refractivity contribution is 7.15. The van der Waals surface area contributed by atoms with Crippen LogP contribution in [0.2, 0.25) is 0 Å². The molecule has 9 heteroatoms. The van der Waals surface area contributed by atoms with Gasteiger partial charge in [-0.25, -0.2) is 4.98 Å². The minimum absolute atomic E-state index is 0.00419. The molecule has 0 radical (unpaired) electrons. The Hall–Kier alpha value is -2.24. The summed E-state index contributed by atoms with van der Waals surface area (Å²) in [4.78, 5) is 3.24. The molecule has 2 aromatic heterocycles. The third-order valence-corrected chi connectivity index (χ3v) is 4.10. The predicted molar refractivity (Wildman–Crippen MR) is 84.0 cm³/mol. The van der Waals surface area contributed by atoms with Crippen LogP contribution in [0.3, 0.4) is 0 Å². The summed E-state index contributed by atoms with van der Waals surface area (Å²) in [7, 11) is 0. The molecule has 2 rings (SSSR count). The van der Waals surface area contributed by atoms with E-state index in [4.69, 9.17) is 21.6 Å². The SMILES string of the molecule is CC(Cl)=CCOc1cc(C#N)c(O)c(-c2ccc(C(F)(F)F)s2)n1. The second kappa shape index (κ2) is 7.11. The number of rotatable bonds is 4. The summed E-state index contributed by atoms with van der Waals surface area (Å²) < 4.78 is 43.4. The van der Waals surface area contributed by atoms with Gasteiger partial charge in [0.05, 0.1) is 4.88 Å². The quantitative estimate of drug-likeness (QED) is 0.824. The van der Waals surface area contributed by atoms with Gasteiger partial charge in [0, 0.05) is 11.1 Å². The Balaban J connectivity index is 2.43. The fourth-order valence-corrected chi connectivity index (χ4v) is 2.63. The molecule has 0 amide bonds. The summed E-state index contributed by atoms with van der Waals surface area (Å²) in [5.74, 6) is -0.500. The number of nitriles is 1. The summed E-state index contributed by atoms with van der Waals surface area (Å²) in [6.07, 6.45) is -2.94. The van der Waals surface area contributed by atoms with Crippen LogP contribution in [0, 0.1) is 11.3 Å². The minimum atomic E-state index is -4.49. The average molecular weight is 375 g/mol. The highest BCUT2D eigenvalue weighted by Gasteiger charge is 2.33. The molecule has 0 saturated heterocycles. The van der Waals surface area contributed by atoms with Gasteiger partial charge >= 0.3 is 6.18 Å². The van der Waals surface area contributed by atoms with Crippen LogP contribution in [0.25, 0.3) is 10.6 Å². The van der Waals surface area contributed by atoms with Crippen LogP contribution in [-0.2, 0) is 6.18 Å². The van der Waals surface area contributed by atoms with Crippen molar-refractivity contribution in [2.45, 2.75) is 13.1 Å². The molecule has 0 saturated carbocycles. The zero-order valence-corrected chi connectivity index (χ0v) is 13.8. The van der Waals surface area contributed by atoms with Crippen LogP contribution in [0.1, 0.15) is 17.4 Å². The zero-order valence-electron chi connectivity index (χ0n) is 12.2.